The third-order valence-corrected chi connectivity index (χ3v) is 6.60. The number of benzene rings is 2. The largest absolute Gasteiger partial charge is 0.462 e. The monoisotopic (exact) mass is 551 g/mol. The van der Waals surface area contributed by atoms with E-state index in [1.54, 1.807) is 24.3 Å². The van der Waals surface area contributed by atoms with Crippen molar-refractivity contribution in [2.45, 2.75) is 55.1 Å². The molecule has 2 aliphatic rings. The molecule has 8 atom stereocenters. The lowest BCUT2D eigenvalue weighted by atomic mass is 9.98. The first-order valence-electron chi connectivity index (χ1n) is 12.3. The number of hydrogen-bond acceptors (Lipinski definition) is 13. The molecule has 13 heteroatoms. The third kappa shape index (κ3) is 6.66. The average Bonchev–Trinajstić information content (AvgIpc) is 3.21. The smallest absolute Gasteiger partial charge is 0.338 e. The van der Waals surface area contributed by atoms with Gasteiger partial charge in [-0.1, -0.05) is 12.1 Å². The fourth-order valence-electron chi connectivity index (χ4n) is 4.24. The third-order valence-electron chi connectivity index (χ3n) is 6.60. The predicted molar refractivity (Wildman–Crippen MR) is 132 cm³/mol. The normalized spacial score (nSPS) is 32.6. The van der Waals surface area contributed by atoms with Crippen LogP contribution in [0.4, 0.5) is 5.69 Å². The fraction of sp³-hybridized carbons (Fsp3) is 0.500. The predicted octanol–water partition coefficient (Wildman–Crippen LogP) is -1.69. The highest BCUT2D eigenvalue weighted by molar-refractivity contribution is 5.89. The van der Waals surface area contributed by atoms with E-state index in [0.29, 0.717) is 17.9 Å². The number of aliphatic hydroxyl groups excluding tert-OH is 5. The van der Waals surface area contributed by atoms with Crippen molar-refractivity contribution >= 4 is 11.7 Å². The van der Waals surface area contributed by atoms with Gasteiger partial charge in [0.2, 0.25) is 6.29 Å². The molecule has 8 N–H and O–H groups in total. The second-order valence-corrected chi connectivity index (χ2v) is 9.47. The molecule has 0 amide bonds. The summed E-state index contributed by atoms with van der Waals surface area (Å²) in [5.41, 5.74) is 5.06. The zero-order valence-corrected chi connectivity index (χ0v) is 20.9. The number of rotatable bonds is 10. The molecular formula is C26H33NO12. The molecule has 13 nitrogen and oxygen atoms in total. The summed E-state index contributed by atoms with van der Waals surface area (Å²) >= 11 is 0. The number of esters is 1. The van der Waals surface area contributed by atoms with Gasteiger partial charge in [-0.05, 0) is 48.4 Å². The summed E-state index contributed by atoms with van der Waals surface area (Å²) < 4.78 is 27.7. The van der Waals surface area contributed by atoms with E-state index in [1.807, 2.05) is 0 Å². The lowest BCUT2D eigenvalue weighted by Gasteiger charge is -2.42. The van der Waals surface area contributed by atoms with Crippen molar-refractivity contribution in [1.29, 1.82) is 0 Å². The van der Waals surface area contributed by atoms with E-state index in [0.717, 1.165) is 5.56 Å². The van der Waals surface area contributed by atoms with Gasteiger partial charge in [-0.25, -0.2) is 4.79 Å². The number of ether oxygens (including phenoxy) is 5. The molecule has 4 rings (SSSR count). The average molecular weight is 552 g/mol. The Balaban J connectivity index is 1.43. The van der Waals surface area contributed by atoms with E-state index >= 15 is 0 Å². The van der Waals surface area contributed by atoms with Gasteiger partial charge < -0.3 is 60.1 Å². The van der Waals surface area contributed by atoms with Crippen molar-refractivity contribution in [2.75, 3.05) is 32.2 Å². The first-order chi connectivity index (χ1) is 18.6. The zero-order chi connectivity index (χ0) is 28.2. The van der Waals surface area contributed by atoms with Gasteiger partial charge in [-0.15, -0.1) is 0 Å². The molecule has 0 radical (unpaired) electrons. The van der Waals surface area contributed by atoms with Crippen LogP contribution in [0, 0.1) is 0 Å². The molecule has 0 unspecified atom stereocenters. The molecule has 2 aromatic carbocycles. The molecule has 0 saturated carbocycles. The Morgan fingerprint density at radius 3 is 2.33 bits per heavy atom. The molecule has 2 heterocycles. The molecular weight excluding hydrogens is 518 g/mol. The summed E-state index contributed by atoms with van der Waals surface area (Å²) in [5, 5.41) is 61.5. The van der Waals surface area contributed by atoms with Gasteiger partial charge in [0.1, 0.15) is 36.8 Å². The maximum atomic E-state index is 12.3. The summed E-state index contributed by atoms with van der Waals surface area (Å²) in [6, 6.07) is 12.6. The lowest BCUT2D eigenvalue weighted by molar-refractivity contribution is -0.318. The van der Waals surface area contributed by atoms with Crippen molar-refractivity contribution in [3.63, 3.8) is 0 Å². The minimum absolute atomic E-state index is 0.0270. The van der Waals surface area contributed by atoms with Gasteiger partial charge in [0, 0.05) is 12.3 Å². The lowest BCUT2D eigenvalue weighted by Crippen LogP contribution is -2.62. The number of carbonyl (C=O) groups is 1. The van der Waals surface area contributed by atoms with E-state index in [4.69, 9.17) is 34.5 Å². The van der Waals surface area contributed by atoms with Crippen LogP contribution in [0.1, 0.15) is 15.9 Å². The molecule has 214 valence electrons. The molecule has 0 bridgehead atoms. The van der Waals surface area contributed by atoms with Crippen LogP contribution in [0.15, 0.2) is 48.5 Å². The highest BCUT2D eigenvalue weighted by Crippen LogP contribution is 2.32. The maximum Gasteiger partial charge on any atom is 0.338 e. The first-order valence-corrected chi connectivity index (χ1v) is 12.3. The second-order valence-electron chi connectivity index (χ2n) is 9.47. The molecule has 0 aliphatic carbocycles. The van der Waals surface area contributed by atoms with Crippen molar-refractivity contribution in [1.82, 2.24) is 0 Å². The number of nitrogen functional groups attached to an aromatic ring is 1. The van der Waals surface area contributed by atoms with Crippen LogP contribution in [-0.2, 0) is 25.4 Å². The maximum absolute atomic E-state index is 12.3. The number of nitrogens with two attached hydrogens (primary N) is 1. The Labute approximate surface area is 223 Å². The summed E-state index contributed by atoms with van der Waals surface area (Å²) in [7, 11) is 0. The summed E-state index contributed by atoms with van der Waals surface area (Å²) in [4.78, 5) is 12.3. The van der Waals surface area contributed by atoms with Gasteiger partial charge in [-0.3, -0.25) is 0 Å². The zero-order valence-electron chi connectivity index (χ0n) is 20.9. The Hall–Kier alpha value is -2.85. The number of anilines is 1. The SMILES string of the molecule is Nc1ccc(C(=O)OC[C@]2(O)CO[C@@H](O[C@H]3[C@H](Oc4ccc(CCO)cc4)O[C@H](CO)[C@@H](O)[C@@H]3O)[C@@H]2O)cc1. The van der Waals surface area contributed by atoms with Gasteiger partial charge >= 0.3 is 5.97 Å². The quantitative estimate of drug-likeness (QED) is 0.130. The minimum atomic E-state index is -2.04. The van der Waals surface area contributed by atoms with Crippen LogP contribution in [0.3, 0.4) is 0 Å². The number of aliphatic hydroxyl groups is 6. The van der Waals surface area contributed by atoms with E-state index in [-0.39, 0.29) is 12.2 Å². The van der Waals surface area contributed by atoms with Crippen LogP contribution in [0.2, 0.25) is 0 Å². The number of hydrogen-bond donors (Lipinski definition) is 7. The number of carbonyl (C=O) groups excluding carboxylic acids is 1. The van der Waals surface area contributed by atoms with Crippen LogP contribution in [-0.4, -0.2) is 112 Å². The highest BCUT2D eigenvalue weighted by Gasteiger charge is 2.54. The van der Waals surface area contributed by atoms with Crippen molar-refractivity contribution in [2.24, 2.45) is 0 Å². The van der Waals surface area contributed by atoms with E-state index in [1.165, 1.54) is 24.3 Å². The van der Waals surface area contributed by atoms with E-state index in [2.05, 4.69) is 0 Å². The topological polar surface area (TPSA) is 211 Å². The van der Waals surface area contributed by atoms with Crippen molar-refractivity contribution in [3.05, 3.63) is 59.7 Å². The molecule has 0 aromatic heterocycles. The Morgan fingerprint density at radius 1 is 1.00 bits per heavy atom. The van der Waals surface area contributed by atoms with Crippen LogP contribution < -0.4 is 10.5 Å². The molecule has 2 aliphatic heterocycles. The molecule has 39 heavy (non-hydrogen) atoms. The standard InChI is InChI=1S/C26H33NO12/c27-16-5-3-15(4-6-16)23(33)35-12-26(34)13-36-25(22(26)32)39-21-20(31)19(30)18(11-29)38-24(21)37-17-7-1-14(2-8-17)9-10-28/h1-8,18-22,24-25,28-32,34H,9-13,27H2/t18-,19-,20+,21-,22+,24-,25+,26+/m1/s1. The second kappa shape index (κ2) is 12.6. The summed E-state index contributed by atoms with van der Waals surface area (Å²) in [6.45, 7) is -1.75. The van der Waals surface area contributed by atoms with Gasteiger partial charge in [0.15, 0.2) is 18.0 Å². The van der Waals surface area contributed by atoms with E-state index in [9.17, 15) is 30.3 Å². The first kappa shape index (κ1) is 29.1. The van der Waals surface area contributed by atoms with Crippen molar-refractivity contribution < 1.29 is 59.1 Å². The molecule has 2 aromatic rings. The van der Waals surface area contributed by atoms with Crippen LogP contribution in [0.25, 0.3) is 0 Å². The molecule has 2 fully saturated rings. The van der Waals surface area contributed by atoms with Gasteiger partial charge in [-0.2, -0.15) is 0 Å². The Bertz CT molecular complexity index is 1080. The fourth-order valence-corrected chi connectivity index (χ4v) is 4.24. The van der Waals surface area contributed by atoms with Crippen LogP contribution in [0.5, 0.6) is 5.75 Å². The van der Waals surface area contributed by atoms with Crippen molar-refractivity contribution in [3.8, 4) is 5.75 Å². The molecule has 2 saturated heterocycles. The summed E-state index contributed by atoms with van der Waals surface area (Å²) in [5.74, 6) is -0.456. The highest BCUT2D eigenvalue weighted by atomic mass is 16.8. The minimum Gasteiger partial charge on any atom is -0.462 e. The van der Waals surface area contributed by atoms with Gasteiger partial charge in [0.25, 0.3) is 0 Å². The Morgan fingerprint density at radius 2 is 1.69 bits per heavy atom. The molecule has 0 spiro atoms. The van der Waals surface area contributed by atoms with Gasteiger partial charge in [0.05, 0.1) is 18.8 Å². The summed E-state index contributed by atoms with van der Waals surface area (Å²) in [6.07, 6.45) is -10.0. The van der Waals surface area contributed by atoms with E-state index < -0.39 is 74.5 Å². The Kier molecular flexibility index (Phi) is 9.38. The van der Waals surface area contributed by atoms with Crippen LogP contribution >= 0.6 is 0 Å².